The van der Waals surface area contributed by atoms with Gasteiger partial charge in [-0.05, 0) is 55.0 Å². The fourth-order valence-electron chi connectivity index (χ4n) is 3.58. The van der Waals surface area contributed by atoms with Gasteiger partial charge in [0.15, 0.2) is 11.5 Å². The van der Waals surface area contributed by atoms with Crippen molar-refractivity contribution in [2.24, 2.45) is 0 Å². The molecule has 0 spiro atoms. The second-order valence-corrected chi connectivity index (χ2v) is 7.56. The Hall–Kier alpha value is -1.95. The number of halogens is 1. The van der Waals surface area contributed by atoms with Crippen LogP contribution in [0.3, 0.4) is 0 Å². The average molecular weight is 400 g/mol. The smallest absolute Gasteiger partial charge is 0.178 e. The van der Waals surface area contributed by atoms with Gasteiger partial charge in [-0.2, -0.15) is 4.52 Å². The lowest BCUT2D eigenvalue weighted by Crippen LogP contribution is -2.33. The van der Waals surface area contributed by atoms with Crippen LogP contribution in [-0.2, 0) is 6.42 Å². The van der Waals surface area contributed by atoms with Crippen molar-refractivity contribution in [3.05, 3.63) is 51.8 Å². The maximum atomic E-state index is 4.76. The van der Waals surface area contributed by atoms with Crippen molar-refractivity contribution in [2.75, 3.05) is 18.0 Å². The molecule has 0 atom stereocenters. The number of aryl methyl sites for hydroxylation is 2. The van der Waals surface area contributed by atoms with Crippen molar-refractivity contribution < 1.29 is 0 Å². The third kappa shape index (κ3) is 3.15. The van der Waals surface area contributed by atoms with E-state index in [9.17, 15) is 0 Å². The van der Waals surface area contributed by atoms with Gasteiger partial charge in [-0.1, -0.05) is 35.0 Å². The molecule has 3 aromatic rings. The summed E-state index contributed by atoms with van der Waals surface area (Å²) in [7, 11) is 0. The van der Waals surface area contributed by atoms with Gasteiger partial charge in [0.2, 0.25) is 0 Å². The van der Waals surface area contributed by atoms with Crippen LogP contribution in [0.2, 0.25) is 0 Å². The monoisotopic (exact) mass is 399 g/mol. The second-order valence-electron chi connectivity index (χ2n) is 6.70. The standard InChI is InChI=1S/C19H22BrN5/c1-3-17-21-22-18-6-7-19(23-25(17)18)24-10-8-14(9-11-24)15-4-5-16(20)13(2)12-15/h4-7,12,14H,3,8-11H2,1-2H3. The first-order valence-corrected chi connectivity index (χ1v) is 9.67. The van der Waals surface area contributed by atoms with Crippen molar-refractivity contribution >= 4 is 27.4 Å². The van der Waals surface area contributed by atoms with Gasteiger partial charge in [-0.15, -0.1) is 15.3 Å². The van der Waals surface area contributed by atoms with Crippen LogP contribution in [0.1, 0.15) is 42.6 Å². The van der Waals surface area contributed by atoms with Gasteiger partial charge >= 0.3 is 0 Å². The minimum Gasteiger partial charge on any atom is -0.355 e. The number of anilines is 1. The molecule has 0 bridgehead atoms. The van der Waals surface area contributed by atoms with Gasteiger partial charge in [-0.3, -0.25) is 0 Å². The molecule has 0 amide bonds. The van der Waals surface area contributed by atoms with Crippen LogP contribution in [0.15, 0.2) is 34.8 Å². The van der Waals surface area contributed by atoms with Gasteiger partial charge in [0.25, 0.3) is 0 Å². The Balaban J connectivity index is 1.50. The summed E-state index contributed by atoms with van der Waals surface area (Å²) < 4.78 is 3.06. The summed E-state index contributed by atoms with van der Waals surface area (Å²) in [6.07, 6.45) is 3.15. The van der Waals surface area contributed by atoms with Crippen LogP contribution in [-0.4, -0.2) is 32.9 Å². The Morgan fingerprint density at radius 1 is 1.12 bits per heavy atom. The number of hydrogen-bond acceptors (Lipinski definition) is 4. The van der Waals surface area contributed by atoms with Crippen molar-refractivity contribution in [2.45, 2.75) is 39.0 Å². The first-order valence-electron chi connectivity index (χ1n) is 8.88. The van der Waals surface area contributed by atoms with E-state index in [1.54, 1.807) is 0 Å². The summed E-state index contributed by atoms with van der Waals surface area (Å²) in [6, 6.07) is 10.8. The van der Waals surface area contributed by atoms with Gasteiger partial charge in [0, 0.05) is 24.0 Å². The number of benzene rings is 1. The predicted molar refractivity (Wildman–Crippen MR) is 103 cm³/mol. The molecule has 3 heterocycles. The summed E-state index contributed by atoms with van der Waals surface area (Å²) in [5, 5.41) is 13.1. The zero-order valence-electron chi connectivity index (χ0n) is 14.6. The quantitative estimate of drug-likeness (QED) is 0.663. The molecule has 1 aliphatic heterocycles. The number of rotatable bonds is 3. The van der Waals surface area contributed by atoms with E-state index >= 15 is 0 Å². The first kappa shape index (κ1) is 16.5. The van der Waals surface area contributed by atoms with Crippen LogP contribution in [0.5, 0.6) is 0 Å². The molecule has 1 aliphatic rings. The summed E-state index contributed by atoms with van der Waals surface area (Å²) in [6.45, 7) is 6.30. The summed E-state index contributed by atoms with van der Waals surface area (Å²) in [5.41, 5.74) is 3.59. The van der Waals surface area contributed by atoms with Gasteiger partial charge < -0.3 is 4.90 Å². The molecule has 25 heavy (non-hydrogen) atoms. The zero-order chi connectivity index (χ0) is 17.4. The van der Waals surface area contributed by atoms with E-state index in [0.29, 0.717) is 5.92 Å². The lowest BCUT2D eigenvalue weighted by atomic mass is 9.89. The van der Waals surface area contributed by atoms with Crippen molar-refractivity contribution in [1.29, 1.82) is 0 Å². The molecular formula is C19H22BrN5. The fraction of sp³-hybridized carbons (Fsp3) is 0.421. The molecule has 2 aromatic heterocycles. The fourth-order valence-corrected chi connectivity index (χ4v) is 3.82. The maximum absolute atomic E-state index is 4.76. The van der Waals surface area contributed by atoms with E-state index in [1.165, 1.54) is 15.6 Å². The van der Waals surface area contributed by atoms with Crippen LogP contribution in [0.4, 0.5) is 5.82 Å². The third-order valence-corrected chi connectivity index (χ3v) is 5.99. The highest BCUT2D eigenvalue weighted by atomic mass is 79.9. The minimum absolute atomic E-state index is 0.632. The van der Waals surface area contributed by atoms with Gasteiger partial charge in [0.1, 0.15) is 5.82 Å². The molecule has 6 heteroatoms. The maximum Gasteiger partial charge on any atom is 0.178 e. The van der Waals surface area contributed by atoms with Crippen molar-refractivity contribution in [3.8, 4) is 0 Å². The molecule has 0 unspecified atom stereocenters. The molecule has 0 aliphatic carbocycles. The molecule has 0 N–H and O–H groups in total. The van der Waals surface area contributed by atoms with Crippen LogP contribution < -0.4 is 4.90 Å². The molecule has 0 saturated carbocycles. The molecule has 130 valence electrons. The highest BCUT2D eigenvalue weighted by molar-refractivity contribution is 9.10. The van der Waals surface area contributed by atoms with E-state index in [0.717, 1.165) is 49.6 Å². The molecule has 5 nitrogen and oxygen atoms in total. The number of piperidine rings is 1. The zero-order valence-corrected chi connectivity index (χ0v) is 16.2. The van der Waals surface area contributed by atoms with E-state index in [1.807, 2.05) is 10.6 Å². The lowest BCUT2D eigenvalue weighted by Gasteiger charge is -2.33. The van der Waals surface area contributed by atoms with E-state index in [2.05, 4.69) is 69.1 Å². The summed E-state index contributed by atoms with van der Waals surface area (Å²) >= 11 is 3.59. The second kappa shape index (κ2) is 6.75. The molecule has 1 aromatic carbocycles. The van der Waals surface area contributed by atoms with Crippen LogP contribution in [0.25, 0.3) is 5.65 Å². The van der Waals surface area contributed by atoms with Crippen molar-refractivity contribution in [1.82, 2.24) is 19.8 Å². The van der Waals surface area contributed by atoms with Crippen LogP contribution >= 0.6 is 15.9 Å². The topological polar surface area (TPSA) is 46.3 Å². The predicted octanol–water partition coefficient (Wildman–Crippen LogP) is 4.14. The number of aromatic nitrogens is 4. The summed E-state index contributed by atoms with van der Waals surface area (Å²) in [5.74, 6) is 2.57. The largest absolute Gasteiger partial charge is 0.355 e. The highest BCUT2D eigenvalue weighted by Crippen LogP contribution is 2.31. The molecule has 1 fully saturated rings. The molecular weight excluding hydrogens is 378 g/mol. The Kier molecular flexibility index (Phi) is 4.46. The Bertz CT molecular complexity index is 896. The Morgan fingerprint density at radius 2 is 1.92 bits per heavy atom. The first-order chi connectivity index (χ1) is 12.2. The average Bonchev–Trinajstić information content (AvgIpc) is 3.06. The number of hydrogen-bond donors (Lipinski definition) is 0. The number of nitrogens with zero attached hydrogens (tertiary/aromatic N) is 5. The molecule has 1 saturated heterocycles. The SMILES string of the molecule is CCc1nnc2ccc(N3CCC(c4ccc(Br)c(C)c4)CC3)nn12. The Morgan fingerprint density at radius 3 is 2.64 bits per heavy atom. The summed E-state index contributed by atoms with van der Waals surface area (Å²) in [4.78, 5) is 2.38. The minimum atomic E-state index is 0.632. The number of fused-ring (bicyclic) bond motifs is 1. The molecule has 4 rings (SSSR count). The van der Waals surface area contributed by atoms with Crippen LogP contribution in [0, 0.1) is 6.92 Å². The van der Waals surface area contributed by atoms with Gasteiger partial charge in [-0.25, -0.2) is 0 Å². The van der Waals surface area contributed by atoms with Crippen molar-refractivity contribution in [3.63, 3.8) is 0 Å². The molecule has 0 radical (unpaired) electrons. The van der Waals surface area contributed by atoms with E-state index in [4.69, 9.17) is 5.10 Å². The highest BCUT2D eigenvalue weighted by Gasteiger charge is 2.22. The van der Waals surface area contributed by atoms with E-state index < -0.39 is 0 Å². The Labute approximate surface area is 156 Å². The van der Waals surface area contributed by atoms with E-state index in [-0.39, 0.29) is 0 Å². The van der Waals surface area contributed by atoms with Gasteiger partial charge in [0.05, 0.1) is 0 Å². The third-order valence-electron chi connectivity index (χ3n) is 5.10. The lowest BCUT2D eigenvalue weighted by molar-refractivity contribution is 0.500. The normalized spacial score (nSPS) is 15.9.